The second-order valence-corrected chi connectivity index (χ2v) is 8.68. The van der Waals surface area contributed by atoms with E-state index in [-0.39, 0.29) is 34.7 Å². The molecule has 2 heterocycles. The molecule has 5 rings (SSSR count). The van der Waals surface area contributed by atoms with Gasteiger partial charge in [-0.1, -0.05) is 54.1 Å². The molecule has 0 N–H and O–H groups in total. The van der Waals surface area contributed by atoms with Crippen molar-refractivity contribution in [1.29, 1.82) is 0 Å². The molecule has 30 heavy (non-hydrogen) atoms. The molecule has 3 aromatic rings. The van der Waals surface area contributed by atoms with E-state index >= 15 is 0 Å². The highest BCUT2D eigenvalue weighted by atomic mass is 35.5. The Balaban J connectivity index is 1.66. The van der Waals surface area contributed by atoms with E-state index < -0.39 is 10.7 Å². The molecule has 0 aliphatic carbocycles. The average molecular weight is 439 g/mol. The number of para-hydroxylation sites is 2. The van der Waals surface area contributed by atoms with Gasteiger partial charge in [-0.05, 0) is 30.3 Å². The quantitative estimate of drug-likeness (QED) is 0.580. The minimum atomic E-state index is -1.22. The summed E-state index contributed by atoms with van der Waals surface area (Å²) < 4.78 is 14.5. The summed E-state index contributed by atoms with van der Waals surface area (Å²) >= 11 is 7.53. The number of anilines is 2. The monoisotopic (exact) mass is 438 g/mol. The summed E-state index contributed by atoms with van der Waals surface area (Å²) in [5.41, 5.74) is 2.29. The van der Waals surface area contributed by atoms with Crippen LogP contribution >= 0.6 is 23.4 Å². The Kier molecular flexibility index (Phi) is 4.56. The Labute approximate surface area is 182 Å². The number of carbonyl (C=O) groups excluding carboxylic acids is 2. The number of carbonyl (C=O) groups is 2. The van der Waals surface area contributed by atoms with Crippen LogP contribution < -0.4 is 9.80 Å². The minimum absolute atomic E-state index is 0.0134. The largest absolute Gasteiger partial charge is 0.304 e. The van der Waals surface area contributed by atoms with Crippen molar-refractivity contribution in [1.82, 2.24) is 0 Å². The fourth-order valence-electron chi connectivity index (χ4n) is 4.13. The van der Waals surface area contributed by atoms with E-state index in [4.69, 9.17) is 11.6 Å². The van der Waals surface area contributed by atoms with Crippen molar-refractivity contribution >= 4 is 46.6 Å². The molecule has 2 aliphatic rings. The maximum absolute atomic E-state index is 14.5. The van der Waals surface area contributed by atoms with Crippen LogP contribution in [0.25, 0.3) is 0 Å². The number of hydrogen-bond donors (Lipinski definition) is 0. The van der Waals surface area contributed by atoms with Gasteiger partial charge in [-0.3, -0.25) is 14.5 Å². The van der Waals surface area contributed by atoms with Crippen molar-refractivity contribution < 1.29 is 14.0 Å². The Morgan fingerprint density at radius 2 is 1.70 bits per heavy atom. The molecule has 1 atom stereocenters. The zero-order valence-electron chi connectivity index (χ0n) is 15.7. The molecule has 4 nitrogen and oxygen atoms in total. The molecule has 1 spiro atoms. The van der Waals surface area contributed by atoms with Crippen molar-refractivity contribution in [2.24, 2.45) is 0 Å². The number of rotatable bonds is 3. The second-order valence-electron chi connectivity index (χ2n) is 7.11. The van der Waals surface area contributed by atoms with Gasteiger partial charge in [0.1, 0.15) is 5.82 Å². The van der Waals surface area contributed by atoms with Gasteiger partial charge in [0.05, 0.1) is 18.0 Å². The molecule has 1 fully saturated rings. The van der Waals surface area contributed by atoms with Crippen LogP contribution in [0, 0.1) is 5.82 Å². The number of hydrogen-bond acceptors (Lipinski definition) is 3. The predicted octanol–water partition coefficient (Wildman–Crippen LogP) is 4.96. The van der Waals surface area contributed by atoms with Gasteiger partial charge in [0.25, 0.3) is 5.91 Å². The molecule has 1 saturated heterocycles. The first-order valence-electron chi connectivity index (χ1n) is 9.40. The molecule has 0 bridgehead atoms. The molecule has 1 unspecified atom stereocenters. The topological polar surface area (TPSA) is 40.6 Å². The standard InChI is InChI=1S/C23H16ClFN2O2S/c24-18-10-6-11-19(25)16(18)13-26-20-12-5-4-9-17(20)23(22(26)29)27(21(28)14-30-23)15-7-2-1-3-8-15/h1-12H,13-14H2. The van der Waals surface area contributed by atoms with E-state index in [2.05, 4.69) is 0 Å². The van der Waals surface area contributed by atoms with Gasteiger partial charge in [-0.2, -0.15) is 0 Å². The predicted molar refractivity (Wildman–Crippen MR) is 117 cm³/mol. The summed E-state index contributed by atoms with van der Waals surface area (Å²) in [6.45, 7) is -0.0134. The van der Waals surface area contributed by atoms with E-state index in [1.54, 1.807) is 11.0 Å². The third kappa shape index (κ3) is 2.67. The van der Waals surface area contributed by atoms with Gasteiger partial charge >= 0.3 is 0 Å². The number of fused-ring (bicyclic) bond motifs is 2. The lowest BCUT2D eigenvalue weighted by atomic mass is 10.0. The number of amides is 2. The highest BCUT2D eigenvalue weighted by Gasteiger charge is 2.60. The lowest BCUT2D eigenvalue weighted by Gasteiger charge is -2.33. The molecular formula is C23H16ClFN2O2S. The molecule has 0 aromatic heterocycles. The van der Waals surface area contributed by atoms with Crippen LogP contribution in [0.5, 0.6) is 0 Å². The lowest BCUT2D eigenvalue weighted by molar-refractivity contribution is -0.123. The van der Waals surface area contributed by atoms with Crippen molar-refractivity contribution in [3.63, 3.8) is 0 Å². The zero-order chi connectivity index (χ0) is 20.9. The van der Waals surface area contributed by atoms with Gasteiger partial charge in [0.2, 0.25) is 10.8 Å². The first kappa shape index (κ1) is 19.2. The van der Waals surface area contributed by atoms with Crippen LogP contribution in [0.2, 0.25) is 5.02 Å². The molecule has 7 heteroatoms. The Morgan fingerprint density at radius 3 is 2.47 bits per heavy atom. The summed E-state index contributed by atoms with van der Waals surface area (Å²) in [5.74, 6) is -0.699. The summed E-state index contributed by atoms with van der Waals surface area (Å²) in [6.07, 6.45) is 0. The van der Waals surface area contributed by atoms with Gasteiger partial charge in [-0.15, -0.1) is 11.8 Å². The fraction of sp³-hybridized carbons (Fsp3) is 0.130. The van der Waals surface area contributed by atoms with Crippen LogP contribution in [-0.2, 0) is 21.0 Å². The van der Waals surface area contributed by atoms with Crippen LogP contribution in [-0.4, -0.2) is 17.6 Å². The van der Waals surface area contributed by atoms with Crippen LogP contribution in [0.3, 0.4) is 0 Å². The Bertz CT molecular complexity index is 1150. The van der Waals surface area contributed by atoms with Crippen LogP contribution in [0.15, 0.2) is 72.8 Å². The highest BCUT2D eigenvalue weighted by molar-refractivity contribution is 8.02. The number of nitrogens with zero attached hydrogens (tertiary/aromatic N) is 2. The van der Waals surface area contributed by atoms with Gasteiger partial charge in [0.15, 0.2) is 0 Å². The minimum Gasteiger partial charge on any atom is -0.304 e. The number of benzene rings is 3. The lowest BCUT2D eigenvalue weighted by Crippen LogP contribution is -2.49. The summed E-state index contributed by atoms with van der Waals surface area (Å²) in [5, 5.41) is 0.260. The third-order valence-electron chi connectivity index (χ3n) is 5.46. The molecule has 2 amide bonds. The smallest absolute Gasteiger partial charge is 0.269 e. The zero-order valence-corrected chi connectivity index (χ0v) is 17.3. The Morgan fingerprint density at radius 1 is 0.967 bits per heavy atom. The average Bonchev–Trinajstić information content (AvgIpc) is 3.22. The van der Waals surface area contributed by atoms with Gasteiger partial charge in [-0.25, -0.2) is 4.39 Å². The molecule has 0 radical (unpaired) electrons. The van der Waals surface area contributed by atoms with E-state index in [0.717, 1.165) is 5.56 Å². The van der Waals surface area contributed by atoms with E-state index in [0.29, 0.717) is 11.4 Å². The van der Waals surface area contributed by atoms with E-state index in [1.807, 2.05) is 54.6 Å². The van der Waals surface area contributed by atoms with Crippen molar-refractivity contribution in [3.8, 4) is 0 Å². The third-order valence-corrected chi connectivity index (χ3v) is 7.20. The van der Waals surface area contributed by atoms with Crippen molar-refractivity contribution in [2.75, 3.05) is 15.6 Å². The molecule has 3 aromatic carbocycles. The highest BCUT2D eigenvalue weighted by Crippen LogP contribution is 2.56. The normalized spacial score (nSPS) is 20.3. The molecule has 150 valence electrons. The van der Waals surface area contributed by atoms with E-state index in [9.17, 15) is 14.0 Å². The Hall–Kier alpha value is -2.83. The maximum Gasteiger partial charge on any atom is 0.269 e. The SMILES string of the molecule is O=C1CSC2(C(=O)N(Cc3c(F)cccc3Cl)c3ccccc32)N1c1ccccc1. The molecular weight excluding hydrogens is 423 g/mol. The van der Waals surface area contributed by atoms with E-state index in [1.165, 1.54) is 28.8 Å². The van der Waals surface area contributed by atoms with Gasteiger partial charge < -0.3 is 4.90 Å². The summed E-state index contributed by atoms with van der Waals surface area (Å²) in [6, 6.07) is 21.0. The first-order chi connectivity index (χ1) is 14.5. The number of thioether (sulfide) groups is 1. The van der Waals surface area contributed by atoms with Crippen molar-refractivity contribution in [3.05, 3.63) is 94.8 Å². The van der Waals surface area contributed by atoms with Crippen LogP contribution in [0.4, 0.5) is 15.8 Å². The molecule has 2 aliphatic heterocycles. The fourth-order valence-corrected chi connectivity index (χ4v) is 5.71. The summed E-state index contributed by atoms with van der Waals surface area (Å²) in [4.78, 5) is 28.7. The maximum atomic E-state index is 14.5. The van der Waals surface area contributed by atoms with Crippen molar-refractivity contribution in [2.45, 2.75) is 11.4 Å². The first-order valence-corrected chi connectivity index (χ1v) is 10.8. The van der Waals surface area contributed by atoms with Crippen LogP contribution in [0.1, 0.15) is 11.1 Å². The number of halogens is 2. The van der Waals surface area contributed by atoms with Gasteiger partial charge in [0, 0.05) is 21.8 Å². The summed E-state index contributed by atoms with van der Waals surface area (Å²) in [7, 11) is 0. The second kappa shape index (κ2) is 7.15. The molecule has 0 saturated carbocycles.